The van der Waals surface area contributed by atoms with Crippen LogP contribution in [0.5, 0.6) is 0 Å². The van der Waals surface area contributed by atoms with Gasteiger partial charge in [-0.05, 0) is 30.4 Å². The maximum atomic E-state index is 11.9. The molecule has 0 aliphatic carbocycles. The fourth-order valence-electron chi connectivity index (χ4n) is 2.04. The first kappa shape index (κ1) is 15.6. The Balaban J connectivity index is 1.84. The van der Waals surface area contributed by atoms with Gasteiger partial charge in [-0.1, -0.05) is 53.3 Å². The van der Waals surface area contributed by atoms with E-state index in [2.05, 4.69) is 4.98 Å². The lowest BCUT2D eigenvalue weighted by Crippen LogP contribution is -2.22. The number of aromatic amines is 1. The third kappa shape index (κ3) is 2.94. The SMILES string of the molecule is CN1C(=O)/C(=C\C=C\c2cc3cc(Cl)c(Cl)cc3[nH]2)SC1=S. The number of allylic oxidation sites excluding steroid dienone is 2. The maximum absolute atomic E-state index is 11.9. The molecule has 3 rings (SSSR count). The van der Waals surface area contributed by atoms with Crippen LogP contribution in [-0.2, 0) is 4.79 Å². The first-order chi connectivity index (χ1) is 10.5. The lowest BCUT2D eigenvalue weighted by Gasteiger charge is -2.03. The van der Waals surface area contributed by atoms with Gasteiger partial charge in [-0.3, -0.25) is 9.69 Å². The minimum absolute atomic E-state index is 0.0742. The number of rotatable bonds is 2. The van der Waals surface area contributed by atoms with E-state index in [1.807, 2.05) is 24.3 Å². The van der Waals surface area contributed by atoms with E-state index in [9.17, 15) is 4.79 Å². The van der Waals surface area contributed by atoms with Crippen molar-refractivity contribution in [3.8, 4) is 0 Å². The van der Waals surface area contributed by atoms with E-state index in [1.54, 1.807) is 19.2 Å². The van der Waals surface area contributed by atoms with Crippen molar-refractivity contribution in [2.45, 2.75) is 0 Å². The molecule has 7 heteroatoms. The number of benzene rings is 1. The van der Waals surface area contributed by atoms with Crippen LogP contribution < -0.4 is 0 Å². The van der Waals surface area contributed by atoms with Crippen LogP contribution in [0, 0.1) is 0 Å². The van der Waals surface area contributed by atoms with Gasteiger partial charge < -0.3 is 4.98 Å². The Labute approximate surface area is 147 Å². The molecule has 0 radical (unpaired) electrons. The van der Waals surface area contributed by atoms with Gasteiger partial charge in [0.2, 0.25) is 0 Å². The molecule has 1 aliphatic heterocycles. The number of hydrogen-bond donors (Lipinski definition) is 1. The van der Waals surface area contributed by atoms with Crippen LogP contribution in [0.3, 0.4) is 0 Å². The Morgan fingerprint density at radius 1 is 1.27 bits per heavy atom. The molecule has 0 bridgehead atoms. The summed E-state index contributed by atoms with van der Waals surface area (Å²) in [6, 6.07) is 5.57. The largest absolute Gasteiger partial charge is 0.355 e. The fourth-order valence-corrected chi connectivity index (χ4v) is 3.50. The number of carbonyl (C=O) groups excluding carboxylic acids is 1. The van der Waals surface area contributed by atoms with E-state index in [-0.39, 0.29) is 5.91 Å². The first-order valence-corrected chi connectivity index (χ1v) is 8.30. The third-order valence-corrected chi connectivity index (χ3v) is 5.42. The Hall–Kier alpha value is -1.27. The fraction of sp³-hybridized carbons (Fsp3) is 0.0667. The highest BCUT2D eigenvalue weighted by Crippen LogP contribution is 2.30. The van der Waals surface area contributed by atoms with Gasteiger partial charge in [-0.2, -0.15) is 0 Å². The molecule has 22 heavy (non-hydrogen) atoms. The van der Waals surface area contributed by atoms with Crippen LogP contribution >= 0.6 is 47.2 Å². The van der Waals surface area contributed by atoms with E-state index in [4.69, 9.17) is 35.4 Å². The first-order valence-electron chi connectivity index (χ1n) is 6.31. The summed E-state index contributed by atoms with van der Waals surface area (Å²) in [6.07, 6.45) is 5.45. The Kier molecular flexibility index (Phi) is 4.32. The number of H-pyrrole nitrogens is 1. The summed E-state index contributed by atoms with van der Waals surface area (Å²) >= 11 is 18.4. The monoisotopic (exact) mass is 368 g/mol. The molecule has 1 amide bonds. The van der Waals surface area contributed by atoms with Crippen molar-refractivity contribution >= 4 is 74.4 Å². The molecule has 1 fully saturated rings. The number of hydrogen-bond acceptors (Lipinski definition) is 3. The summed E-state index contributed by atoms with van der Waals surface area (Å²) < 4.78 is 0.569. The van der Waals surface area contributed by atoms with Gasteiger partial charge in [0.1, 0.15) is 4.32 Å². The smallest absolute Gasteiger partial charge is 0.265 e. The van der Waals surface area contributed by atoms with Gasteiger partial charge in [-0.25, -0.2) is 0 Å². The van der Waals surface area contributed by atoms with Crippen molar-refractivity contribution in [3.63, 3.8) is 0 Å². The number of thioether (sulfide) groups is 1. The van der Waals surface area contributed by atoms with Gasteiger partial charge in [0, 0.05) is 23.6 Å². The average molecular weight is 369 g/mol. The molecule has 112 valence electrons. The van der Waals surface area contributed by atoms with E-state index < -0.39 is 0 Å². The maximum Gasteiger partial charge on any atom is 0.265 e. The predicted octanol–water partition coefficient (Wildman–Crippen LogP) is 4.86. The van der Waals surface area contributed by atoms with Gasteiger partial charge >= 0.3 is 0 Å². The summed E-state index contributed by atoms with van der Waals surface area (Å²) in [5, 5.41) is 2.02. The van der Waals surface area contributed by atoms with Crippen molar-refractivity contribution in [1.29, 1.82) is 0 Å². The second-order valence-corrected chi connectivity index (χ2v) is 7.19. The number of thiocarbonyl (C=S) groups is 1. The number of nitrogens with zero attached hydrogens (tertiary/aromatic N) is 1. The summed E-state index contributed by atoms with van der Waals surface area (Å²) in [5.41, 5.74) is 1.81. The molecule has 1 aromatic heterocycles. The van der Waals surface area contributed by atoms with Crippen molar-refractivity contribution in [2.24, 2.45) is 0 Å². The zero-order valence-corrected chi connectivity index (χ0v) is 14.5. The van der Waals surface area contributed by atoms with Gasteiger partial charge in [0.15, 0.2) is 0 Å². The molecule has 0 saturated carbocycles. The van der Waals surface area contributed by atoms with E-state index >= 15 is 0 Å². The van der Waals surface area contributed by atoms with Crippen LogP contribution in [0.15, 0.2) is 35.3 Å². The van der Waals surface area contributed by atoms with Crippen LogP contribution in [0.25, 0.3) is 17.0 Å². The number of fused-ring (bicyclic) bond motifs is 1. The van der Waals surface area contributed by atoms with Crippen molar-refractivity contribution < 1.29 is 4.79 Å². The lowest BCUT2D eigenvalue weighted by molar-refractivity contribution is -0.121. The molecule has 0 unspecified atom stereocenters. The molecule has 1 saturated heterocycles. The minimum Gasteiger partial charge on any atom is -0.355 e. The molecule has 1 aromatic carbocycles. The number of likely N-dealkylation sites (N-methyl/N-ethyl adjacent to an activating group) is 1. The predicted molar refractivity (Wildman–Crippen MR) is 98.4 cm³/mol. The standard InChI is InChI=1S/C15H10Cl2N2OS2/c1-19-14(20)13(22-15(19)21)4-2-3-9-5-8-6-10(16)11(17)7-12(8)18-9/h2-7,18H,1H3/b3-2+,13-4+. The van der Waals surface area contributed by atoms with Crippen molar-refractivity contribution in [3.05, 3.63) is 51.0 Å². The normalized spacial score (nSPS) is 17.6. The molecule has 1 aliphatic rings. The van der Waals surface area contributed by atoms with Crippen LogP contribution in [0.1, 0.15) is 5.69 Å². The van der Waals surface area contributed by atoms with Gasteiger partial charge in [0.05, 0.1) is 15.0 Å². The molecule has 0 atom stereocenters. The Bertz CT molecular complexity index is 816. The number of amides is 1. The third-order valence-electron chi connectivity index (χ3n) is 3.19. The number of halogens is 2. The lowest BCUT2D eigenvalue weighted by atomic mass is 10.2. The number of carbonyl (C=O) groups is 1. The quantitative estimate of drug-likeness (QED) is 0.607. The van der Waals surface area contributed by atoms with Gasteiger partial charge in [0.25, 0.3) is 5.91 Å². The Morgan fingerprint density at radius 2 is 2.00 bits per heavy atom. The second-order valence-electron chi connectivity index (χ2n) is 4.70. The molecule has 0 spiro atoms. The number of nitrogens with one attached hydrogen (secondary N) is 1. The number of aromatic nitrogens is 1. The van der Waals surface area contributed by atoms with Gasteiger partial charge in [-0.15, -0.1) is 0 Å². The average Bonchev–Trinajstić information content (AvgIpc) is 2.96. The van der Waals surface area contributed by atoms with Crippen molar-refractivity contribution in [1.82, 2.24) is 9.88 Å². The van der Waals surface area contributed by atoms with E-state index in [1.165, 1.54) is 16.7 Å². The molecule has 3 nitrogen and oxygen atoms in total. The highest BCUT2D eigenvalue weighted by atomic mass is 35.5. The summed E-state index contributed by atoms with van der Waals surface area (Å²) in [5.74, 6) is -0.0742. The highest BCUT2D eigenvalue weighted by molar-refractivity contribution is 8.26. The zero-order valence-electron chi connectivity index (χ0n) is 11.4. The Morgan fingerprint density at radius 3 is 2.68 bits per heavy atom. The zero-order chi connectivity index (χ0) is 15.9. The summed E-state index contributed by atoms with van der Waals surface area (Å²) in [4.78, 5) is 17.2. The molecule has 1 N–H and O–H groups in total. The summed E-state index contributed by atoms with van der Waals surface area (Å²) in [6.45, 7) is 0. The van der Waals surface area contributed by atoms with E-state index in [0.717, 1.165) is 16.6 Å². The highest BCUT2D eigenvalue weighted by Gasteiger charge is 2.27. The van der Waals surface area contributed by atoms with Crippen LogP contribution in [-0.4, -0.2) is 27.2 Å². The molecular formula is C15H10Cl2N2OS2. The topological polar surface area (TPSA) is 36.1 Å². The van der Waals surface area contributed by atoms with E-state index in [0.29, 0.717) is 19.3 Å². The van der Waals surface area contributed by atoms with Crippen LogP contribution in [0.2, 0.25) is 10.0 Å². The molecule has 2 aromatic rings. The van der Waals surface area contributed by atoms with Crippen LogP contribution in [0.4, 0.5) is 0 Å². The molecule has 2 heterocycles. The minimum atomic E-state index is -0.0742. The second kappa shape index (κ2) is 6.08. The molecular weight excluding hydrogens is 359 g/mol. The van der Waals surface area contributed by atoms with Crippen molar-refractivity contribution in [2.75, 3.05) is 7.05 Å². The summed E-state index contributed by atoms with van der Waals surface area (Å²) in [7, 11) is 1.67.